The fourth-order valence-electron chi connectivity index (χ4n) is 4.93. The molecule has 4 aromatic heterocycles. The molecule has 25 heteroatoms. The molecule has 2 saturated heterocycles. The number of nitrogens with zero attached hydrogens (tertiary/aromatic N) is 8. The van der Waals surface area contributed by atoms with Crippen molar-refractivity contribution < 1.29 is 41.7 Å². The molecule has 6 N–H and O–H groups in total. The van der Waals surface area contributed by atoms with Gasteiger partial charge in [0.15, 0.2) is 29.2 Å². The first-order valence-electron chi connectivity index (χ1n) is 12.6. The summed E-state index contributed by atoms with van der Waals surface area (Å²) in [6.45, 7) is -5.69. The summed E-state index contributed by atoms with van der Waals surface area (Å²) in [5, 5.41) is 21.3. The van der Waals surface area contributed by atoms with Gasteiger partial charge in [-0.2, -0.15) is 19.3 Å². The van der Waals surface area contributed by atoms with Gasteiger partial charge in [0, 0.05) is 12.0 Å². The Kier molecular flexibility index (Phi) is 8.69. The number of H-pyrrole nitrogens is 1. The van der Waals surface area contributed by atoms with Crippen LogP contribution in [0, 0.1) is 0 Å². The van der Waals surface area contributed by atoms with Crippen molar-refractivity contribution in [1.82, 2.24) is 44.5 Å². The van der Waals surface area contributed by atoms with Crippen molar-refractivity contribution in [2.75, 3.05) is 24.7 Å². The Morgan fingerprint density at radius 2 is 2.07 bits per heavy atom. The number of thiol groups is 2. The lowest BCUT2D eigenvalue weighted by molar-refractivity contribution is -0.0548. The zero-order valence-electron chi connectivity index (χ0n) is 22.0. The van der Waals surface area contributed by atoms with Crippen LogP contribution in [0.3, 0.4) is 0 Å². The summed E-state index contributed by atoms with van der Waals surface area (Å²) in [6, 6.07) is 0. The molecule has 6 rings (SSSR count). The average Bonchev–Trinajstić information content (AvgIpc) is 3.73. The molecule has 0 saturated carbocycles. The summed E-state index contributed by atoms with van der Waals surface area (Å²) in [4.78, 5) is 26.5. The quantitative estimate of drug-likeness (QED) is 0.0942. The second kappa shape index (κ2) is 12.2. The van der Waals surface area contributed by atoms with E-state index in [9.17, 15) is 19.0 Å². The fraction of sp³-hybridized carbons (Fsp3) is 0.526. The largest absolute Gasteiger partial charge is 0.394 e. The van der Waals surface area contributed by atoms with Gasteiger partial charge >= 0.3 is 6.80 Å². The molecule has 0 amide bonds. The van der Waals surface area contributed by atoms with Gasteiger partial charge in [0.2, 0.25) is 19.1 Å². The van der Waals surface area contributed by atoms with E-state index in [-0.39, 0.29) is 29.5 Å². The maximum Gasteiger partial charge on any atom is 0.386 e. The van der Waals surface area contributed by atoms with Crippen LogP contribution in [0.5, 0.6) is 0 Å². The van der Waals surface area contributed by atoms with E-state index in [4.69, 9.17) is 34.5 Å². The van der Waals surface area contributed by atoms with E-state index in [1.165, 1.54) is 17.0 Å². The summed E-state index contributed by atoms with van der Waals surface area (Å²) in [7, 11) is -2.76. The normalized spacial score (nSPS) is 29.4. The number of fused-ring (bicyclic) bond motifs is 2. The van der Waals surface area contributed by atoms with Crippen LogP contribution in [0.4, 0.5) is 16.3 Å². The Morgan fingerprint density at radius 3 is 2.82 bits per heavy atom. The first-order valence-corrected chi connectivity index (χ1v) is 17.9. The number of nitrogens with two attached hydrogens (primary N) is 2. The molecule has 20 nitrogen and oxygen atoms in total. The van der Waals surface area contributed by atoms with Crippen molar-refractivity contribution in [3.63, 3.8) is 0 Å². The van der Waals surface area contributed by atoms with Crippen LogP contribution in [0.15, 0.2) is 17.3 Å². The molecule has 4 aromatic rings. The molecule has 0 spiro atoms. The van der Waals surface area contributed by atoms with E-state index in [1.807, 2.05) is 0 Å². The second-order valence-electron chi connectivity index (χ2n) is 9.57. The maximum absolute atomic E-state index is 15.4. The molecule has 0 bridgehead atoms. The van der Waals surface area contributed by atoms with Crippen molar-refractivity contribution in [2.24, 2.45) is 0 Å². The lowest BCUT2D eigenvalue weighted by Crippen LogP contribution is -2.32. The molecule has 2 fully saturated rings. The molecule has 6 heterocycles. The minimum Gasteiger partial charge on any atom is -0.394 e. The topological polar surface area (TPSA) is 272 Å². The molecular formula is C19H24FN11O9P2S2. The molecule has 0 aromatic carbocycles. The third kappa shape index (κ3) is 5.96. The third-order valence-corrected chi connectivity index (χ3v) is 9.29. The molecular weight excluding hydrogens is 671 g/mol. The van der Waals surface area contributed by atoms with Crippen molar-refractivity contribution in [3.8, 4) is 0 Å². The number of alkyl halides is 1. The number of aromatic nitrogens is 9. The summed E-state index contributed by atoms with van der Waals surface area (Å²) in [5.41, 5.74) is 11.2. The monoisotopic (exact) mass is 695 g/mol. The van der Waals surface area contributed by atoms with E-state index < -0.39 is 75.7 Å². The number of hydrogen-bond donors (Lipinski definition) is 6. The lowest BCUT2D eigenvalue weighted by Gasteiger charge is -2.24. The minimum atomic E-state index is -4.43. The first kappa shape index (κ1) is 31.3. The van der Waals surface area contributed by atoms with Gasteiger partial charge < -0.3 is 30.6 Å². The number of aromatic amines is 1. The number of nitrogens with one attached hydrogen (secondary N) is 1. The molecule has 2 aliphatic rings. The molecule has 2 unspecified atom stereocenters. The molecule has 0 aliphatic carbocycles. The highest BCUT2D eigenvalue weighted by Crippen LogP contribution is 2.57. The molecule has 2 aliphatic heterocycles. The van der Waals surface area contributed by atoms with Crippen molar-refractivity contribution in [3.05, 3.63) is 28.4 Å². The Bertz CT molecular complexity index is 1830. The Morgan fingerprint density at radius 1 is 1.27 bits per heavy atom. The molecule has 44 heavy (non-hydrogen) atoms. The predicted molar refractivity (Wildman–Crippen MR) is 154 cm³/mol. The standard InChI is InChI=1S/C19H24FN11O9P2S2/c20-11-9(3-32)38-17(30-15-12(28-29-30)16(33)27-18(21)26-15)13(11)40-42(35,44)36-4-10-8(39-41(34)43)1-7(37-10)6-2-25-31-14(6)23-5-24-19(31)22/h2,5,7-11,13,17,32,41H,1,3-4H2,(H,34,43)(H,35,44)(H2,22,23,24)(H3,21,26,27,33)/t7-,8+,9-,10-,11+,13-,17-,42?/m1/s1. The number of hydrogen-bond acceptors (Lipinski definition) is 17. The van der Waals surface area contributed by atoms with Gasteiger partial charge in [-0.1, -0.05) is 29.7 Å². The minimum absolute atomic E-state index is 0.0919. The van der Waals surface area contributed by atoms with Crippen LogP contribution in [-0.2, 0) is 32.2 Å². The third-order valence-electron chi connectivity index (χ3n) is 6.85. The van der Waals surface area contributed by atoms with E-state index in [2.05, 4.69) is 59.8 Å². The summed E-state index contributed by atoms with van der Waals surface area (Å²) >= 11 is 7.85. The van der Waals surface area contributed by atoms with Crippen molar-refractivity contribution >= 4 is 67.2 Å². The van der Waals surface area contributed by atoms with Gasteiger partial charge in [0.25, 0.3) is 5.56 Å². The van der Waals surface area contributed by atoms with Crippen molar-refractivity contribution in [1.29, 1.82) is 0 Å². The Hall–Kier alpha value is -2.72. The van der Waals surface area contributed by atoms with Crippen LogP contribution in [0.1, 0.15) is 24.3 Å². The maximum atomic E-state index is 15.4. The van der Waals surface area contributed by atoms with Gasteiger partial charge in [-0.15, -0.1) is 5.10 Å². The molecule has 238 valence electrons. The zero-order chi connectivity index (χ0) is 31.3. The van der Waals surface area contributed by atoms with Crippen LogP contribution in [0.2, 0.25) is 0 Å². The van der Waals surface area contributed by atoms with Gasteiger partial charge in [-0.3, -0.25) is 23.4 Å². The van der Waals surface area contributed by atoms with Crippen molar-refractivity contribution in [2.45, 2.75) is 49.3 Å². The SMILES string of the molecule is Nc1nc2c(nnn2[C@@H]2O[C@H](CO)[C@H](F)[C@H]2OP(=O)(S)OC[C@H]2O[C@@H](c3cnn4c(N)ncnc34)C[C@@H]2O[PH](=O)S)c(=O)[nH]1. The average molecular weight is 696 g/mol. The summed E-state index contributed by atoms with van der Waals surface area (Å²) < 4.78 is 70.9. The van der Waals surface area contributed by atoms with Gasteiger partial charge in [0.05, 0.1) is 31.6 Å². The summed E-state index contributed by atoms with van der Waals surface area (Å²) in [5.74, 6) is -0.190. The van der Waals surface area contributed by atoms with Crippen LogP contribution in [0.25, 0.3) is 16.8 Å². The highest BCUT2D eigenvalue weighted by atomic mass is 32.7. The zero-order valence-corrected chi connectivity index (χ0v) is 25.7. The van der Waals surface area contributed by atoms with Gasteiger partial charge in [-0.25, -0.2) is 18.9 Å². The number of nitrogen functional groups attached to an aromatic ring is 2. The number of rotatable bonds is 10. The van der Waals surface area contributed by atoms with Crippen LogP contribution < -0.4 is 17.0 Å². The smallest absolute Gasteiger partial charge is 0.386 e. The Balaban J connectivity index is 1.20. The number of aliphatic hydroxyl groups is 1. The van der Waals surface area contributed by atoms with Gasteiger partial charge in [0.1, 0.15) is 24.6 Å². The number of anilines is 2. The van der Waals surface area contributed by atoms with E-state index in [1.54, 1.807) is 0 Å². The van der Waals surface area contributed by atoms with E-state index in [0.29, 0.717) is 11.2 Å². The second-order valence-corrected chi connectivity index (χ2v) is 14.3. The molecule has 0 radical (unpaired) electrons. The van der Waals surface area contributed by atoms with Gasteiger partial charge in [-0.05, 0) is 0 Å². The van der Waals surface area contributed by atoms with Crippen LogP contribution in [-0.4, -0.2) is 93.5 Å². The fourth-order valence-corrected chi connectivity index (χ4v) is 7.29. The summed E-state index contributed by atoms with van der Waals surface area (Å²) in [6.07, 6.45) is -6.37. The highest BCUT2D eigenvalue weighted by Gasteiger charge is 2.51. The number of ether oxygens (including phenoxy) is 2. The number of aliphatic hydroxyl groups excluding tert-OH is 1. The lowest BCUT2D eigenvalue weighted by atomic mass is 10.1. The highest BCUT2D eigenvalue weighted by molar-refractivity contribution is 8.44. The van der Waals surface area contributed by atoms with E-state index in [0.717, 1.165) is 4.68 Å². The van der Waals surface area contributed by atoms with Crippen LogP contribution >= 0.6 is 38.5 Å². The first-order chi connectivity index (χ1) is 21.0. The molecule has 9 atom stereocenters. The predicted octanol–water partition coefficient (Wildman–Crippen LogP) is 0.0191. The Labute approximate surface area is 255 Å². The van der Waals surface area contributed by atoms with E-state index >= 15 is 4.39 Å². The number of halogens is 1.